The van der Waals surface area contributed by atoms with Crippen LogP contribution in [-0.2, 0) is 14.1 Å². The number of hydrogen-bond acceptors (Lipinski definition) is 4. The summed E-state index contributed by atoms with van der Waals surface area (Å²) in [5.41, 5.74) is -1.03. The Kier molecular flexibility index (Phi) is 3.75. The molecule has 1 heterocycles. The number of aromatic nitrogens is 3. The van der Waals surface area contributed by atoms with Gasteiger partial charge in [-0.1, -0.05) is 13.3 Å². The van der Waals surface area contributed by atoms with Gasteiger partial charge in [-0.05, 0) is 20.3 Å². The van der Waals surface area contributed by atoms with E-state index in [1.54, 1.807) is 0 Å². The molecule has 6 heteroatoms. The molecule has 0 atom stereocenters. The van der Waals surface area contributed by atoms with Gasteiger partial charge in [-0.2, -0.15) is 0 Å². The molecule has 1 rings (SSSR count). The van der Waals surface area contributed by atoms with Gasteiger partial charge in [0, 0.05) is 19.6 Å². The summed E-state index contributed by atoms with van der Waals surface area (Å²) in [6.07, 6.45) is 1.92. The minimum Gasteiger partial charge on any atom is -0.359 e. The summed E-state index contributed by atoms with van der Waals surface area (Å²) in [5, 5.41) is 7.05. The van der Waals surface area contributed by atoms with E-state index in [2.05, 4.69) is 17.3 Å². The standard InChI is InChI=1S/C11H20N4O2/c1-6-7-11(2,3)12-8-9(16)14(4)10(17)15(5)13-8/h6-7H2,1-5H3,(H,12,13). The zero-order chi connectivity index (χ0) is 13.2. The molecule has 0 saturated heterocycles. The van der Waals surface area contributed by atoms with Gasteiger partial charge < -0.3 is 5.32 Å². The molecular weight excluding hydrogens is 220 g/mol. The predicted octanol–water partition coefficient (Wildman–Crippen LogP) is 0.470. The minimum atomic E-state index is -0.422. The molecule has 0 spiro atoms. The lowest BCUT2D eigenvalue weighted by atomic mass is 9.99. The Morgan fingerprint density at radius 3 is 2.41 bits per heavy atom. The molecule has 6 nitrogen and oxygen atoms in total. The average Bonchev–Trinajstić information content (AvgIpc) is 2.22. The van der Waals surface area contributed by atoms with Crippen molar-refractivity contribution in [1.29, 1.82) is 0 Å². The van der Waals surface area contributed by atoms with Crippen molar-refractivity contribution in [3.8, 4) is 0 Å². The second-order valence-corrected chi connectivity index (χ2v) is 4.88. The number of nitrogens with zero attached hydrogens (tertiary/aromatic N) is 3. The molecule has 1 aromatic heterocycles. The lowest BCUT2D eigenvalue weighted by Crippen LogP contribution is -2.43. The lowest BCUT2D eigenvalue weighted by Gasteiger charge is -2.26. The largest absolute Gasteiger partial charge is 0.359 e. The normalized spacial score (nSPS) is 11.6. The zero-order valence-electron chi connectivity index (χ0n) is 11.1. The maximum atomic E-state index is 11.8. The first-order chi connectivity index (χ1) is 7.78. The first kappa shape index (κ1) is 13.5. The van der Waals surface area contributed by atoms with E-state index in [0.29, 0.717) is 0 Å². The summed E-state index contributed by atoms with van der Waals surface area (Å²) in [4.78, 5) is 23.3. The molecule has 0 aliphatic heterocycles. The van der Waals surface area contributed by atoms with Crippen molar-refractivity contribution in [3.05, 3.63) is 20.8 Å². The number of anilines is 1. The fourth-order valence-corrected chi connectivity index (χ4v) is 1.78. The third kappa shape index (κ3) is 2.95. The van der Waals surface area contributed by atoms with E-state index < -0.39 is 11.2 Å². The summed E-state index contributed by atoms with van der Waals surface area (Å²) in [5.74, 6) is 0.216. The van der Waals surface area contributed by atoms with Crippen LogP contribution in [0.5, 0.6) is 0 Å². The molecule has 96 valence electrons. The van der Waals surface area contributed by atoms with E-state index in [1.165, 1.54) is 14.1 Å². The van der Waals surface area contributed by atoms with E-state index in [0.717, 1.165) is 22.1 Å². The van der Waals surface area contributed by atoms with Gasteiger partial charge in [-0.15, -0.1) is 5.10 Å². The van der Waals surface area contributed by atoms with Gasteiger partial charge in [0.1, 0.15) is 0 Å². The van der Waals surface area contributed by atoms with E-state index in [1.807, 2.05) is 13.8 Å². The molecule has 1 N–H and O–H groups in total. The van der Waals surface area contributed by atoms with Crippen molar-refractivity contribution < 1.29 is 0 Å². The quantitative estimate of drug-likeness (QED) is 0.830. The van der Waals surface area contributed by atoms with Crippen LogP contribution in [0, 0.1) is 0 Å². The highest BCUT2D eigenvalue weighted by Crippen LogP contribution is 2.15. The van der Waals surface area contributed by atoms with Gasteiger partial charge in [-0.25, -0.2) is 9.48 Å². The van der Waals surface area contributed by atoms with Gasteiger partial charge in [0.05, 0.1) is 0 Å². The van der Waals surface area contributed by atoms with E-state index in [9.17, 15) is 9.59 Å². The predicted molar refractivity (Wildman–Crippen MR) is 67.3 cm³/mol. The average molecular weight is 240 g/mol. The van der Waals surface area contributed by atoms with Crippen LogP contribution in [0.25, 0.3) is 0 Å². The van der Waals surface area contributed by atoms with Crippen LogP contribution < -0.4 is 16.6 Å². The molecule has 0 bridgehead atoms. The van der Waals surface area contributed by atoms with Crippen LogP contribution in [0.1, 0.15) is 33.6 Å². The summed E-state index contributed by atoms with van der Waals surface area (Å²) >= 11 is 0. The van der Waals surface area contributed by atoms with Crippen LogP contribution in [0.3, 0.4) is 0 Å². The van der Waals surface area contributed by atoms with Crippen LogP contribution in [0.15, 0.2) is 9.59 Å². The summed E-state index contributed by atoms with van der Waals surface area (Å²) in [6, 6.07) is 0. The molecule has 0 aliphatic rings. The zero-order valence-corrected chi connectivity index (χ0v) is 11.1. The maximum absolute atomic E-state index is 11.8. The second kappa shape index (κ2) is 4.73. The van der Waals surface area contributed by atoms with Gasteiger partial charge in [0.15, 0.2) is 0 Å². The Bertz CT molecular complexity index is 513. The number of nitrogens with one attached hydrogen (secondary N) is 1. The molecule has 0 unspecified atom stereocenters. The summed E-state index contributed by atoms with van der Waals surface area (Å²) in [6.45, 7) is 6.08. The Labute approximate surface area is 100 Å². The molecule has 0 saturated carbocycles. The fraction of sp³-hybridized carbons (Fsp3) is 0.727. The third-order valence-corrected chi connectivity index (χ3v) is 2.65. The van der Waals surface area contributed by atoms with Gasteiger partial charge in [0.25, 0.3) is 5.56 Å². The first-order valence-electron chi connectivity index (χ1n) is 5.71. The van der Waals surface area contributed by atoms with Gasteiger partial charge in [0.2, 0.25) is 5.82 Å². The summed E-state index contributed by atoms with van der Waals surface area (Å²) in [7, 11) is 2.98. The van der Waals surface area contributed by atoms with Crippen molar-refractivity contribution in [2.45, 2.75) is 39.2 Å². The first-order valence-corrected chi connectivity index (χ1v) is 5.71. The molecule has 17 heavy (non-hydrogen) atoms. The van der Waals surface area contributed by atoms with E-state index >= 15 is 0 Å². The highest BCUT2D eigenvalue weighted by Gasteiger charge is 2.19. The molecule has 0 aliphatic carbocycles. The second-order valence-electron chi connectivity index (χ2n) is 4.88. The Balaban J connectivity index is 3.17. The monoisotopic (exact) mass is 240 g/mol. The van der Waals surface area contributed by atoms with Crippen LogP contribution in [0.4, 0.5) is 5.82 Å². The molecule has 0 radical (unpaired) electrons. The topological polar surface area (TPSA) is 68.9 Å². The fourth-order valence-electron chi connectivity index (χ4n) is 1.78. The minimum absolute atomic E-state index is 0.216. The molecule has 0 fully saturated rings. The third-order valence-electron chi connectivity index (χ3n) is 2.65. The van der Waals surface area contributed by atoms with E-state index in [-0.39, 0.29) is 11.4 Å². The molecular formula is C11H20N4O2. The van der Waals surface area contributed by atoms with Crippen molar-refractivity contribution >= 4 is 5.82 Å². The Morgan fingerprint density at radius 2 is 1.88 bits per heavy atom. The number of aryl methyl sites for hydroxylation is 1. The van der Waals surface area contributed by atoms with Gasteiger partial charge >= 0.3 is 5.69 Å². The maximum Gasteiger partial charge on any atom is 0.346 e. The number of rotatable bonds is 4. The number of hydrogen-bond donors (Lipinski definition) is 1. The highest BCUT2D eigenvalue weighted by molar-refractivity contribution is 5.33. The van der Waals surface area contributed by atoms with Crippen LogP contribution in [-0.4, -0.2) is 19.9 Å². The lowest BCUT2D eigenvalue weighted by molar-refractivity contribution is 0.499. The SMILES string of the molecule is CCCC(C)(C)Nc1nn(C)c(=O)n(C)c1=O. The molecule has 0 aromatic carbocycles. The van der Waals surface area contributed by atoms with Crippen molar-refractivity contribution in [2.75, 3.05) is 5.32 Å². The smallest absolute Gasteiger partial charge is 0.346 e. The molecule has 1 aromatic rings. The highest BCUT2D eigenvalue weighted by atomic mass is 16.2. The van der Waals surface area contributed by atoms with Crippen molar-refractivity contribution in [2.24, 2.45) is 14.1 Å². The summed E-state index contributed by atoms with van der Waals surface area (Å²) < 4.78 is 2.21. The van der Waals surface area contributed by atoms with Crippen LogP contribution >= 0.6 is 0 Å². The van der Waals surface area contributed by atoms with Crippen LogP contribution in [0.2, 0.25) is 0 Å². The van der Waals surface area contributed by atoms with Crippen molar-refractivity contribution in [3.63, 3.8) is 0 Å². The molecule has 0 amide bonds. The van der Waals surface area contributed by atoms with Gasteiger partial charge in [-0.3, -0.25) is 9.36 Å². The van der Waals surface area contributed by atoms with Crippen molar-refractivity contribution in [1.82, 2.24) is 14.3 Å². The Hall–Kier alpha value is -1.59. The van der Waals surface area contributed by atoms with E-state index in [4.69, 9.17) is 0 Å². The Morgan fingerprint density at radius 1 is 1.29 bits per heavy atom.